The van der Waals surface area contributed by atoms with Crippen molar-refractivity contribution >= 4 is 34.7 Å². The van der Waals surface area contributed by atoms with Crippen molar-refractivity contribution in [3.05, 3.63) is 104 Å². The number of non-ortho nitro benzene ring substituents is 1. The first-order valence-electron chi connectivity index (χ1n) is 12.4. The topological polar surface area (TPSA) is 92.5 Å². The summed E-state index contributed by atoms with van der Waals surface area (Å²) in [7, 11) is 0. The molecule has 0 aromatic heterocycles. The van der Waals surface area contributed by atoms with E-state index in [-0.39, 0.29) is 28.5 Å². The fourth-order valence-electron chi connectivity index (χ4n) is 6.81. The predicted octanol–water partition coefficient (Wildman–Crippen LogP) is 6.18. The fraction of sp³-hybridized carbons (Fsp3) is 0.286. The quantitative estimate of drug-likeness (QED) is 0.236. The van der Waals surface area contributed by atoms with Gasteiger partial charge in [0.25, 0.3) is 5.69 Å². The number of ketones is 1. The molecule has 1 spiro atoms. The van der Waals surface area contributed by atoms with E-state index in [1.54, 1.807) is 24.3 Å². The number of rotatable bonds is 4. The number of nitro groups is 1. The van der Waals surface area contributed by atoms with Gasteiger partial charge in [-0.1, -0.05) is 35.9 Å². The Kier molecular flexibility index (Phi) is 5.82. The van der Waals surface area contributed by atoms with Crippen molar-refractivity contribution in [1.82, 2.24) is 4.90 Å². The van der Waals surface area contributed by atoms with Gasteiger partial charge in [-0.05, 0) is 55.3 Å². The number of nitrogens with zero attached hydrogens (tertiary/aromatic N) is 2. The third-order valence-corrected chi connectivity index (χ3v) is 8.49. The Morgan fingerprint density at radius 1 is 1.08 bits per heavy atom. The zero-order chi connectivity index (χ0) is 27.7. The first-order chi connectivity index (χ1) is 18.5. The van der Waals surface area contributed by atoms with Gasteiger partial charge in [0, 0.05) is 40.2 Å². The van der Waals surface area contributed by atoms with E-state index in [1.165, 1.54) is 36.4 Å². The van der Waals surface area contributed by atoms with Crippen LogP contribution in [0.15, 0.2) is 66.7 Å². The molecule has 1 N–H and O–H groups in total. The van der Waals surface area contributed by atoms with Gasteiger partial charge in [-0.3, -0.25) is 24.6 Å². The lowest BCUT2D eigenvalue weighted by molar-refractivity contribution is -0.384. The number of para-hydroxylation sites is 1. The molecule has 4 atom stereocenters. The Hall–Kier alpha value is -3.76. The number of hydrogen-bond acceptors (Lipinski definition) is 5. The van der Waals surface area contributed by atoms with Crippen molar-refractivity contribution in [2.24, 2.45) is 5.92 Å². The second-order valence-electron chi connectivity index (χ2n) is 10.1. The summed E-state index contributed by atoms with van der Waals surface area (Å²) in [6.45, 7) is 0.404. The Morgan fingerprint density at radius 3 is 2.41 bits per heavy atom. The van der Waals surface area contributed by atoms with E-state index in [1.807, 2.05) is 4.90 Å². The van der Waals surface area contributed by atoms with Crippen LogP contribution in [0.2, 0.25) is 5.02 Å². The number of anilines is 1. The molecule has 7 nitrogen and oxygen atoms in total. The number of carbonyl (C=O) groups is 2. The van der Waals surface area contributed by atoms with E-state index >= 15 is 0 Å². The van der Waals surface area contributed by atoms with Crippen LogP contribution in [0.5, 0.6) is 0 Å². The summed E-state index contributed by atoms with van der Waals surface area (Å²) in [5.41, 5.74) is -2.14. The molecule has 3 heterocycles. The molecule has 0 saturated carbocycles. The lowest BCUT2D eigenvalue weighted by atomic mass is 9.68. The molecule has 200 valence electrons. The van der Waals surface area contributed by atoms with Crippen molar-refractivity contribution in [3.8, 4) is 0 Å². The number of nitro benzene ring substituents is 1. The van der Waals surface area contributed by atoms with E-state index in [0.29, 0.717) is 30.0 Å². The van der Waals surface area contributed by atoms with E-state index in [9.17, 15) is 32.9 Å². The van der Waals surface area contributed by atoms with Crippen molar-refractivity contribution in [1.29, 1.82) is 0 Å². The van der Waals surface area contributed by atoms with Crippen LogP contribution in [0.4, 0.5) is 24.5 Å². The lowest BCUT2D eigenvalue weighted by Crippen LogP contribution is -2.52. The molecule has 3 aromatic rings. The number of halogens is 4. The molecule has 3 aliphatic rings. The fourth-order valence-corrected chi connectivity index (χ4v) is 6.94. The number of hydrogen-bond donors (Lipinski definition) is 1. The van der Waals surface area contributed by atoms with Crippen LogP contribution in [0.1, 0.15) is 45.8 Å². The maximum Gasteiger partial charge on any atom is 0.418 e. The standard InChI is InChI=1S/C28H21ClF3N3O4/c29-17-10-6-16(7-11-17)25(36)23-22(15-8-12-18(13-9-15)35(38)39)21-5-2-14-34(21)27(23)19-3-1-4-20(28(30,31)32)24(19)33-26(27)37/h1,3-4,6-13,21-23H,2,5,14H2,(H,33,37)/t21?,22?,23?,27-/m1/s1. The number of benzene rings is 3. The Labute approximate surface area is 225 Å². The van der Waals surface area contributed by atoms with Crippen LogP contribution >= 0.6 is 11.6 Å². The Balaban J connectivity index is 1.61. The Bertz CT molecular complexity index is 1510. The van der Waals surface area contributed by atoms with Crippen molar-refractivity contribution < 1.29 is 27.7 Å². The van der Waals surface area contributed by atoms with Crippen LogP contribution in [-0.2, 0) is 16.5 Å². The van der Waals surface area contributed by atoms with Gasteiger partial charge in [-0.2, -0.15) is 13.2 Å². The van der Waals surface area contributed by atoms with Crippen molar-refractivity contribution in [3.63, 3.8) is 0 Å². The monoisotopic (exact) mass is 555 g/mol. The van der Waals surface area contributed by atoms with Gasteiger partial charge in [0.05, 0.1) is 22.1 Å². The van der Waals surface area contributed by atoms with Gasteiger partial charge in [0.2, 0.25) is 5.91 Å². The van der Waals surface area contributed by atoms with E-state index in [4.69, 9.17) is 11.6 Å². The maximum atomic E-state index is 14.4. The second kappa shape index (κ2) is 8.89. The molecule has 11 heteroatoms. The Morgan fingerprint density at radius 2 is 1.77 bits per heavy atom. The van der Waals surface area contributed by atoms with Crippen LogP contribution < -0.4 is 5.32 Å². The molecule has 0 radical (unpaired) electrons. The molecular formula is C28H21ClF3N3O4. The van der Waals surface area contributed by atoms with Crippen molar-refractivity contribution in [2.75, 3.05) is 11.9 Å². The van der Waals surface area contributed by atoms with Crippen LogP contribution in [-0.4, -0.2) is 34.1 Å². The third kappa shape index (κ3) is 3.69. The van der Waals surface area contributed by atoms with Gasteiger partial charge in [0.1, 0.15) is 5.54 Å². The molecule has 3 unspecified atom stereocenters. The molecule has 0 bridgehead atoms. The SMILES string of the molecule is O=C(c1ccc(Cl)cc1)C1C(c2ccc([N+](=O)[O-])cc2)C2CCCN2[C@@]12C(=O)Nc1c(C(F)(F)F)cccc12. The van der Waals surface area contributed by atoms with Gasteiger partial charge in [-0.25, -0.2) is 0 Å². The lowest BCUT2D eigenvalue weighted by Gasteiger charge is -2.37. The van der Waals surface area contributed by atoms with Gasteiger partial charge in [-0.15, -0.1) is 0 Å². The summed E-state index contributed by atoms with van der Waals surface area (Å²) in [4.78, 5) is 41.0. The summed E-state index contributed by atoms with van der Waals surface area (Å²) in [6, 6.07) is 15.3. The first kappa shape index (κ1) is 25.5. The molecule has 2 fully saturated rings. The molecule has 3 aliphatic heterocycles. The highest BCUT2D eigenvalue weighted by molar-refractivity contribution is 6.30. The van der Waals surface area contributed by atoms with Crippen molar-refractivity contribution in [2.45, 2.75) is 36.5 Å². The number of Topliss-reactive ketones (excluding diaryl/α,β-unsaturated/α-hetero) is 1. The largest absolute Gasteiger partial charge is 0.418 e. The highest BCUT2D eigenvalue weighted by atomic mass is 35.5. The molecule has 2 saturated heterocycles. The predicted molar refractivity (Wildman–Crippen MR) is 137 cm³/mol. The zero-order valence-corrected chi connectivity index (χ0v) is 21.0. The number of amides is 1. The summed E-state index contributed by atoms with van der Waals surface area (Å²) in [6.07, 6.45) is -3.44. The molecule has 6 rings (SSSR count). The van der Waals surface area contributed by atoms with E-state index in [0.717, 1.165) is 6.07 Å². The molecule has 3 aromatic carbocycles. The number of alkyl halides is 3. The average molecular weight is 556 g/mol. The van der Waals surface area contributed by atoms with Crippen LogP contribution in [0.3, 0.4) is 0 Å². The highest BCUT2D eigenvalue weighted by Crippen LogP contribution is 2.62. The van der Waals surface area contributed by atoms with Crippen LogP contribution in [0, 0.1) is 16.0 Å². The third-order valence-electron chi connectivity index (χ3n) is 8.24. The normalized spacial score (nSPS) is 25.9. The molecule has 1 amide bonds. The maximum absolute atomic E-state index is 14.4. The van der Waals surface area contributed by atoms with Gasteiger partial charge < -0.3 is 5.32 Å². The minimum Gasteiger partial charge on any atom is -0.323 e. The molecular weight excluding hydrogens is 535 g/mol. The van der Waals surface area contributed by atoms with E-state index in [2.05, 4.69) is 5.32 Å². The molecule has 0 aliphatic carbocycles. The minimum atomic E-state index is -4.72. The number of carbonyl (C=O) groups excluding carboxylic acids is 2. The summed E-state index contributed by atoms with van der Waals surface area (Å²) < 4.78 is 42.1. The van der Waals surface area contributed by atoms with Crippen LogP contribution in [0.25, 0.3) is 0 Å². The molecule has 39 heavy (non-hydrogen) atoms. The highest BCUT2D eigenvalue weighted by Gasteiger charge is 2.69. The first-order valence-corrected chi connectivity index (χ1v) is 12.8. The minimum absolute atomic E-state index is 0.117. The van der Waals surface area contributed by atoms with Gasteiger partial charge in [0.15, 0.2) is 5.78 Å². The summed E-state index contributed by atoms with van der Waals surface area (Å²) in [5, 5.41) is 14.2. The average Bonchev–Trinajstić information content (AvgIpc) is 3.56. The zero-order valence-electron chi connectivity index (χ0n) is 20.2. The smallest absolute Gasteiger partial charge is 0.323 e. The van der Waals surface area contributed by atoms with E-state index < -0.39 is 45.7 Å². The summed E-state index contributed by atoms with van der Waals surface area (Å²) in [5.74, 6) is -2.81. The number of fused-ring (bicyclic) bond motifs is 4. The van der Waals surface area contributed by atoms with Gasteiger partial charge >= 0.3 is 6.18 Å². The number of nitrogens with one attached hydrogen (secondary N) is 1. The summed E-state index contributed by atoms with van der Waals surface area (Å²) >= 11 is 6.04. The second-order valence-corrected chi connectivity index (χ2v) is 10.5.